The number of esters is 1. The van der Waals surface area contributed by atoms with E-state index < -0.39 is 12.0 Å². The molecule has 0 saturated heterocycles. The molecule has 3 aromatic carbocycles. The molecule has 1 unspecified atom stereocenters. The van der Waals surface area contributed by atoms with Crippen LogP contribution in [0.2, 0.25) is 0 Å². The van der Waals surface area contributed by atoms with E-state index in [1.165, 1.54) is 18.4 Å². The molecule has 1 heterocycles. The Bertz CT molecular complexity index is 1250. The van der Waals surface area contributed by atoms with E-state index in [2.05, 4.69) is 4.74 Å². The van der Waals surface area contributed by atoms with Crippen molar-refractivity contribution >= 4 is 39.9 Å². The predicted molar refractivity (Wildman–Crippen MR) is 129 cm³/mol. The molecule has 4 aromatic rings. The van der Waals surface area contributed by atoms with E-state index in [1.807, 2.05) is 72.8 Å². The molecular weight excluding hydrogens is 448 g/mol. The second kappa shape index (κ2) is 10.5. The molecule has 0 spiro atoms. The van der Waals surface area contributed by atoms with Gasteiger partial charge in [0.2, 0.25) is 0 Å². The number of rotatable bonds is 7. The zero-order valence-electron chi connectivity index (χ0n) is 17.4. The fourth-order valence-electron chi connectivity index (χ4n) is 3.33. The Balaban J connectivity index is 0.00000289. The van der Waals surface area contributed by atoms with E-state index >= 15 is 0 Å². The van der Waals surface area contributed by atoms with Crippen LogP contribution in [-0.4, -0.2) is 23.7 Å². The summed E-state index contributed by atoms with van der Waals surface area (Å²) in [6.07, 6.45) is 0.401. The van der Waals surface area contributed by atoms with Gasteiger partial charge in [-0.1, -0.05) is 47.7 Å². The van der Waals surface area contributed by atoms with Gasteiger partial charge in [-0.05, 0) is 53.9 Å². The van der Waals surface area contributed by atoms with Crippen LogP contribution in [-0.2, 0) is 22.5 Å². The quantitative estimate of drug-likeness (QED) is 0.405. The monoisotopic (exact) mass is 470 g/mol. The number of carbonyl (C=O) groups excluding carboxylic acids is 1. The smallest absolute Gasteiger partial charge is 0.322 e. The summed E-state index contributed by atoms with van der Waals surface area (Å²) in [4.78, 5) is 23.8. The number of para-hydroxylation sites is 1. The van der Waals surface area contributed by atoms with Crippen LogP contribution >= 0.6 is 23.7 Å². The van der Waals surface area contributed by atoms with E-state index in [9.17, 15) is 9.59 Å². The molecule has 0 amide bonds. The average Bonchev–Trinajstić information content (AvgIpc) is 3.10. The van der Waals surface area contributed by atoms with Crippen molar-refractivity contribution in [2.24, 2.45) is 5.73 Å². The number of nitrogens with zero attached hydrogens (tertiary/aromatic N) is 1. The normalized spacial score (nSPS) is 11.6. The number of benzene rings is 3. The van der Waals surface area contributed by atoms with Gasteiger partial charge in [0.05, 0.1) is 23.9 Å². The largest absolute Gasteiger partial charge is 0.468 e. The number of fused-ring (bicyclic) bond motifs is 1. The van der Waals surface area contributed by atoms with Crippen LogP contribution in [0.1, 0.15) is 11.1 Å². The van der Waals surface area contributed by atoms with Crippen molar-refractivity contribution in [1.29, 1.82) is 0 Å². The summed E-state index contributed by atoms with van der Waals surface area (Å²) >= 11 is 1.26. The number of hydrogen-bond donors (Lipinski definition) is 1. The number of ether oxygens (including phenoxy) is 2. The van der Waals surface area contributed by atoms with Crippen molar-refractivity contribution < 1.29 is 14.3 Å². The molecule has 1 aromatic heterocycles. The number of thiazole rings is 1. The minimum Gasteiger partial charge on any atom is -0.468 e. The lowest BCUT2D eigenvalue weighted by atomic mass is 10.1. The highest BCUT2D eigenvalue weighted by atomic mass is 35.5. The minimum absolute atomic E-state index is 0. The van der Waals surface area contributed by atoms with Gasteiger partial charge < -0.3 is 15.2 Å². The van der Waals surface area contributed by atoms with Gasteiger partial charge in [0.1, 0.15) is 17.5 Å². The fraction of sp³-hybridized carbons (Fsp3) is 0.167. The standard InChI is InChI=1S/C24H22N2O4S.ClH/c1-29-23(27)20(25)14-16-6-10-18(11-7-16)30-19-12-8-17(9-13-19)15-26-21-4-2-3-5-22(21)31-24(26)28;/h2-13,20H,14-15,25H2,1H3;1H. The zero-order chi connectivity index (χ0) is 21.8. The van der Waals surface area contributed by atoms with Gasteiger partial charge in [0.25, 0.3) is 0 Å². The average molecular weight is 471 g/mol. The summed E-state index contributed by atoms with van der Waals surface area (Å²) in [6.45, 7) is 0.512. The van der Waals surface area contributed by atoms with E-state index in [0.717, 1.165) is 21.3 Å². The lowest BCUT2D eigenvalue weighted by molar-refractivity contribution is -0.142. The van der Waals surface area contributed by atoms with Gasteiger partial charge in [-0.3, -0.25) is 14.2 Å². The molecule has 0 fully saturated rings. The van der Waals surface area contributed by atoms with Gasteiger partial charge in [-0.15, -0.1) is 12.4 Å². The first kappa shape index (κ1) is 23.5. The van der Waals surface area contributed by atoms with Gasteiger partial charge in [0, 0.05) is 0 Å². The second-order valence-electron chi connectivity index (χ2n) is 7.15. The van der Waals surface area contributed by atoms with Gasteiger partial charge in [0.15, 0.2) is 0 Å². The molecule has 1 atom stereocenters. The highest BCUT2D eigenvalue weighted by Gasteiger charge is 2.14. The number of carbonyl (C=O) groups is 1. The van der Waals surface area contributed by atoms with Crippen LogP contribution < -0.4 is 15.3 Å². The SMILES string of the molecule is COC(=O)C(N)Cc1ccc(Oc2ccc(Cn3c(=O)sc4ccccc43)cc2)cc1.Cl. The van der Waals surface area contributed by atoms with Crippen molar-refractivity contribution in [3.63, 3.8) is 0 Å². The number of methoxy groups -OCH3 is 1. The van der Waals surface area contributed by atoms with Crippen LogP contribution in [0.3, 0.4) is 0 Å². The van der Waals surface area contributed by atoms with Crippen LogP contribution in [0.5, 0.6) is 11.5 Å². The Morgan fingerprint density at radius 2 is 1.56 bits per heavy atom. The van der Waals surface area contributed by atoms with Gasteiger partial charge in [-0.25, -0.2) is 0 Å². The van der Waals surface area contributed by atoms with Crippen LogP contribution in [0.4, 0.5) is 0 Å². The van der Waals surface area contributed by atoms with Crippen molar-refractivity contribution in [3.8, 4) is 11.5 Å². The maximum atomic E-state index is 12.3. The first-order valence-corrected chi connectivity index (χ1v) is 10.6. The minimum atomic E-state index is -0.683. The van der Waals surface area contributed by atoms with Crippen LogP contribution in [0.25, 0.3) is 10.2 Å². The first-order chi connectivity index (χ1) is 15.0. The molecule has 6 nitrogen and oxygen atoms in total. The van der Waals surface area contributed by atoms with Crippen molar-refractivity contribution in [1.82, 2.24) is 4.57 Å². The molecule has 32 heavy (non-hydrogen) atoms. The third kappa shape index (κ3) is 5.37. The van der Waals surface area contributed by atoms with Crippen LogP contribution in [0.15, 0.2) is 77.6 Å². The molecule has 2 N–H and O–H groups in total. The Morgan fingerprint density at radius 3 is 2.19 bits per heavy atom. The molecule has 8 heteroatoms. The molecule has 0 aliphatic heterocycles. The number of hydrogen-bond acceptors (Lipinski definition) is 6. The molecule has 0 saturated carbocycles. The summed E-state index contributed by atoms with van der Waals surface area (Å²) < 4.78 is 13.3. The lowest BCUT2D eigenvalue weighted by Crippen LogP contribution is -2.33. The van der Waals surface area contributed by atoms with Crippen LogP contribution in [0, 0.1) is 0 Å². The number of nitrogens with two attached hydrogens (primary N) is 1. The van der Waals surface area contributed by atoms with Gasteiger partial charge >= 0.3 is 10.8 Å². The Kier molecular flexibility index (Phi) is 7.69. The fourth-order valence-corrected chi connectivity index (χ4v) is 4.22. The Labute approximate surface area is 195 Å². The summed E-state index contributed by atoms with van der Waals surface area (Å²) in [5.41, 5.74) is 8.69. The highest BCUT2D eigenvalue weighted by Crippen LogP contribution is 2.23. The van der Waals surface area contributed by atoms with E-state index in [1.54, 1.807) is 4.57 Å². The number of halogens is 1. The summed E-state index contributed by atoms with van der Waals surface area (Å²) in [5.74, 6) is 0.951. The molecular formula is C24H23ClN2O4S. The van der Waals surface area contributed by atoms with E-state index in [0.29, 0.717) is 24.5 Å². The first-order valence-electron chi connectivity index (χ1n) is 9.81. The van der Waals surface area contributed by atoms with Crippen molar-refractivity contribution in [2.45, 2.75) is 19.0 Å². The maximum absolute atomic E-state index is 12.3. The molecule has 0 aliphatic rings. The lowest BCUT2D eigenvalue weighted by Gasteiger charge is -2.11. The molecule has 166 valence electrons. The number of aromatic nitrogens is 1. The van der Waals surface area contributed by atoms with Crippen molar-refractivity contribution in [2.75, 3.05) is 7.11 Å². The topological polar surface area (TPSA) is 83.5 Å². The molecule has 4 rings (SSSR count). The zero-order valence-corrected chi connectivity index (χ0v) is 19.0. The third-order valence-electron chi connectivity index (χ3n) is 4.96. The van der Waals surface area contributed by atoms with Gasteiger partial charge in [-0.2, -0.15) is 0 Å². The third-order valence-corrected chi connectivity index (χ3v) is 5.92. The Morgan fingerprint density at radius 1 is 0.969 bits per heavy atom. The summed E-state index contributed by atoms with van der Waals surface area (Å²) in [6, 6.07) is 22.2. The molecule has 0 bridgehead atoms. The maximum Gasteiger partial charge on any atom is 0.322 e. The molecule has 0 radical (unpaired) electrons. The molecule has 0 aliphatic carbocycles. The summed E-state index contributed by atoms with van der Waals surface area (Å²) in [7, 11) is 1.32. The van der Waals surface area contributed by atoms with Crippen molar-refractivity contribution in [3.05, 3.63) is 93.6 Å². The second-order valence-corrected chi connectivity index (χ2v) is 8.14. The predicted octanol–water partition coefficient (Wildman–Crippen LogP) is 4.37. The highest BCUT2D eigenvalue weighted by molar-refractivity contribution is 7.16. The Hall–Kier alpha value is -3.13. The van der Waals surface area contributed by atoms with E-state index in [-0.39, 0.29) is 17.3 Å². The summed E-state index contributed by atoms with van der Waals surface area (Å²) in [5, 5.41) is 0. The van der Waals surface area contributed by atoms with E-state index in [4.69, 9.17) is 10.5 Å².